The number of aromatic nitrogens is 1. The summed E-state index contributed by atoms with van der Waals surface area (Å²) in [4.78, 5) is 4.33. The molecule has 1 aromatic carbocycles. The first-order valence-electron chi connectivity index (χ1n) is 5.81. The van der Waals surface area contributed by atoms with Crippen molar-refractivity contribution in [3.63, 3.8) is 0 Å². The van der Waals surface area contributed by atoms with E-state index >= 15 is 0 Å². The van der Waals surface area contributed by atoms with E-state index in [9.17, 15) is 5.26 Å². The Balaban J connectivity index is 2.03. The molecule has 1 aliphatic rings. The van der Waals surface area contributed by atoms with Crippen molar-refractivity contribution in [1.29, 1.82) is 5.26 Å². The number of ether oxygens (including phenoxy) is 2. The lowest BCUT2D eigenvalue weighted by molar-refractivity contribution is 0.173. The van der Waals surface area contributed by atoms with Crippen LogP contribution in [0.5, 0.6) is 11.5 Å². The Labute approximate surface area is 128 Å². The molecule has 1 aromatic heterocycles. The number of nitriles is 1. The molecule has 2 aromatic rings. The fourth-order valence-corrected chi connectivity index (χ4v) is 3.19. The Morgan fingerprint density at radius 2 is 2.35 bits per heavy atom. The van der Waals surface area contributed by atoms with E-state index in [1.54, 1.807) is 6.08 Å². The van der Waals surface area contributed by atoms with Gasteiger partial charge in [-0.05, 0) is 46.6 Å². The number of thiazole rings is 1. The van der Waals surface area contributed by atoms with E-state index in [4.69, 9.17) is 9.47 Å². The maximum Gasteiger partial charge on any atom is 0.231 e. The van der Waals surface area contributed by atoms with Crippen LogP contribution in [0.15, 0.2) is 22.0 Å². The highest BCUT2D eigenvalue weighted by Crippen LogP contribution is 2.40. The normalized spacial score (nSPS) is 13.3. The third kappa shape index (κ3) is 2.42. The second kappa shape index (κ2) is 5.27. The van der Waals surface area contributed by atoms with Crippen LogP contribution in [0.4, 0.5) is 0 Å². The van der Waals surface area contributed by atoms with Crippen LogP contribution in [0.3, 0.4) is 0 Å². The van der Waals surface area contributed by atoms with Gasteiger partial charge in [-0.15, -0.1) is 11.3 Å². The third-order valence-corrected chi connectivity index (χ3v) is 4.31. The highest BCUT2D eigenvalue weighted by molar-refractivity contribution is 9.10. The summed E-state index contributed by atoms with van der Waals surface area (Å²) in [6, 6.07) is 5.94. The molecule has 100 valence electrons. The molecule has 3 rings (SSSR count). The Hall–Kier alpha value is -1.84. The van der Waals surface area contributed by atoms with Gasteiger partial charge in [0.1, 0.15) is 11.1 Å². The van der Waals surface area contributed by atoms with Gasteiger partial charge in [0.2, 0.25) is 6.79 Å². The predicted octanol–water partition coefficient (Wildman–Crippen LogP) is 4.01. The minimum Gasteiger partial charge on any atom is -0.454 e. The summed E-state index contributed by atoms with van der Waals surface area (Å²) in [6.07, 6.45) is 1.80. The standard InChI is InChI=1S/C14H9BrN2O2S/c1-8-6-20-14(17-8)10(5-16)2-9-3-11(15)13-12(4-9)18-7-19-13/h2-4,6H,7H2,1H3. The molecule has 0 aliphatic carbocycles. The van der Waals surface area contributed by atoms with Gasteiger partial charge in [-0.25, -0.2) is 4.98 Å². The summed E-state index contributed by atoms with van der Waals surface area (Å²) >= 11 is 4.90. The van der Waals surface area contributed by atoms with Crippen LogP contribution in [0.1, 0.15) is 16.3 Å². The van der Waals surface area contributed by atoms with Crippen LogP contribution in [0, 0.1) is 18.3 Å². The molecule has 0 saturated heterocycles. The molecule has 0 unspecified atom stereocenters. The third-order valence-electron chi connectivity index (χ3n) is 2.73. The van der Waals surface area contributed by atoms with Crippen molar-refractivity contribution in [2.75, 3.05) is 6.79 Å². The molecular formula is C14H9BrN2O2S. The molecule has 0 atom stereocenters. The van der Waals surface area contributed by atoms with Crippen molar-refractivity contribution < 1.29 is 9.47 Å². The molecule has 2 heterocycles. The van der Waals surface area contributed by atoms with Crippen molar-refractivity contribution in [2.45, 2.75) is 6.92 Å². The van der Waals surface area contributed by atoms with Gasteiger partial charge in [-0.3, -0.25) is 0 Å². The van der Waals surface area contributed by atoms with Crippen LogP contribution < -0.4 is 9.47 Å². The Bertz CT molecular complexity index is 746. The highest BCUT2D eigenvalue weighted by Gasteiger charge is 2.18. The maximum atomic E-state index is 9.29. The van der Waals surface area contributed by atoms with Crippen LogP contribution in [-0.2, 0) is 0 Å². The molecule has 0 spiro atoms. The van der Waals surface area contributed by atoms with Crippen molar-refractivity contribution in [3.05, 3.63) is 38.3 Å². The minimum atomic E-state index is 0.220. The minimum absolute atomic E-state index is 0.220. The van der Waals surface area contributed by atoms with E-state index in [0.717, 1.165) is 20.7 Å². The number of hydrogen-bond donors (Lipinski definition) is 0. The molecule has 4 nitrogen and oxygen atoms in total. The van der Waals surface area contributed by atoms with Crippen LogP contribution in [-0.4, -0.2) is 11.8 Å². The van der Waals surface area contributed by atoms with Crippen molar-refractivity contribution in [2.24, 2.45) is 0 Å². The van der Waals surface area contributed by atoms with E-state index in [-0.39, 0.29) is 6.79 Å². The monoisotopic (exact) mass is 348 g/mol. The first-order valence-corrected chi connectivity index (χ1v) is 7.48. The predicted molar refractivity (Wildman–Crippen MR) is 80.6 cm³/mol. The number of fused-ring (bicyclic) bond motifs is 1. The van der Waals surface area contributed by atoms with Gasteiger partial charge in [0.15, 0.2) is 11.5 Å². The zero-order valence-electron chi connectivity index (χ0n) is 10.5. The number of halogens is 1. The van der Waals surface area contributed by atoms with Crippen molar-refractivity contribution in [1.82, 2.24) is 4.98 Å². The quantitative estimate of drug-likeness (QED) is 0.769. The average Bonchev–Trinajstić information content (AvgIpc) is 3.05. The fraction of sp³-hybridized carbons (Fsp3) is 0.143. The number of hydrogen-bond acceptors (Lipinski definition) is 5. The van der Waals surface area contributed by atoms with Gasteiger partial charge in [0.05, 0.1) is 10.0 Å². The van der Waals surface area contributed by atoms with Gasteiger partial charge in [-0.1, -0.05) is 0 Å². The molecular weight excluding hydrogens is 340 g/mol. The first-order chi connectivity index (χ1) is 9.67. The average molecular weight is 349 g/mol. The lowest BCUT2D eigenvalue weighted by atomic mass is 10.1. The summed E-state index contributed by atoms with van der Waals surface area (Å²) in [5.41, 5.74) is 2.32. The van der Waals surface area contributed by atoms with Crippen molar-refractivity contribution >= 4 is 38.9 Å². The first kappa shape index (κ1) is 13.2. The topological polar surface area (TPSA) is 55.1 Å². The summed E-state index contributed by atoms with van der Waals surface area (Å²) < 4.78 is 11.5. The molecule has 0 N–H and O–H groups in total. The molecule has 0 saturated carbocycles. The van der Waals surface area contributed by atoms with E-state index in [1.165, 1.54) is 11.3 Å². The Morgan fingerprint density at radius 3 is 3.05 bits per heavy atom. The maximum absolute atomic E-state index is 9.29. The van der Waals surface area contributed by atoms with E-state index < -0.39 is 0 Å². The molecule has 0 amide bonds. The second-order valence-electron chi connectivity index (χ2n) is 4.20. The van der Waals surface area contributed by atoms with Crippen molar-refractivity contribution in [3.8, 4) is 17.6 Å². The van der Waals surface area contributed by atoms with Gasteiger partial charge < -0.3 is 9.47 Å². The molecule has 6 heteroatoms. The molecule has 0 bridgehead atoms. The highest BCUT2D eigenvalue weighted by atomic mass is 79.9. The molecule has 0 radical (unpaired) electrons. The number of allylic oxidation sites excluding steroid dienone is 1. The van der Waals surface area contributed by atoms with E-state index in [2.05, 4.69) is 27.0 Å². The summed E-state index contributed by atoms with van der Waals surface area (Å²) in [6.45, 7) is 2.13. The molecule has 0 fully saturated rings. The molecule has 20 heavy (non-hydrogen) atoms. The smallest absolute Gasteiger partial charge is 0.231 e. The lowest BCUT2D eigenvalue weighted by Crippen LogP contribution is -1.93. The zero-order valence-corrected chi connectivity index (χ0v) is 12.9. The van der Waals surface area contributed by atoms with Crippen LogP contribution >= 0.6 is 27.3 Å². The zero-order chi connectivity index (χ0) is 14.1. The fourth-order valence-electron chi connectivity index (χ4n) is 1.86. The largest absolute Gasteiger partial charge is 0.454 e. The number of rotatable bonds is 2. The summed E-state index contributed by atoms with van der Waals surface area (Å²) in [5.74, 6) is 1.38. The Morgan fingerprint density at radius 1 is 1.50 bits per heavy atom. The SMILES string of the molecule is Cc1csc(C(C#N)=Cc2cc(Br)c3c(c2)OCO3)n1. The van der Waals surface area contributed by atoms with Crippen LogP contribution in [0.2, 0.25) is 0 Å². The van der Waals surface area contributed by atoms with Gasteiger partial charge in [-0.2, -0.15) is 5.26 Å². The van der Waals surface area contributed by atoms with Crippen LogP contribution in [0.25, 0.3) is 11.6 Å². The van der Waals surface area contributed by atoms with Gasteiger partial charge in [0, 0.05) is 11.1 Å². The number of aryl methyl sites for hydroxylation is 1. The number of benzene rings is 1. The van der Waals surface area contributed by atoms with E-state index in [0.29, 0.717) is 17.1 Å². The number of nitrogens with zero attached hydrogens (tertiary/aromatic N) is 2. The lowest BCUT2D eigenvalue weighted by Gasteiger charge is -2.02. The van der Waals surface area contributed by atoms with E-state index in [1.807, 2.05) is 24.4 Å². The Kier molecular flexibility index (Phi) is 3.47. The second-order valence-corrected chi connectivity index (χ2v) is 5.91. The summed E-state index contributed by atoms with van der Waals surface area (Å²) in [5, 5.41) is 11.9. The molecule has 1 aliphatic heterocycles. The summed E-state index contributed by atoms with van der Waals surface area (Å²) in [7, 11) is 0. The van der Waals surface area contributed by atoms with Gasteiger partial charge in [0.25, 0.3) is 0 Å². The van der Waals surface area contributed by atoms with Gasteiger partial charge >= 0.3 is 0 Å².